The highest BCUT2D eigenvalue weighted by atomic mass is 16.5. The monoisotopic (exact) mass is 254 g/mol. The lowest BCUT2D eigenvalue weighted by molar-refractivity contribution is 0.146. The summed E-state index contributed by atoms with van der Waals surface area (Å²) in [5.41, 5.74) is 3.62. The Hall–Kier alpha value is -1.60. The normalized spacial score (nSPS) is 11.6. The van der Waals surface area contributed by atoms with E-state index in [4.69, 9.17) is 10.6 Å². The highest BCUT2D eigenvalue weighted by molar-refractivity contribution is 5.79. The van der Waals surface area contributed by atoms with Gasteiger partial charge in [0.05, 0.1) is 6.33 Å². The van der Waals surface area contributed by atoms with E-state index in [1.165, 1.54) is 0 Å². The number of hydrogen-bond acceptors (Lipinski definition) is 4. The van der Waals surface area contributed by atoms with Gasteiger partial charge in [-0.1, -0.05) is 0 Å². The first-order valence-electron chi connectivity index (χ1n) is 6.16. The van der Waals surface area contributed by atoms with Gasteiger partial charge in [0.15, 0.2) is 0 Å². The molecule has 7 heteroatoms. The van der Waals surface area contributed by atoms with Crippen molar-refractivity contribution < 1.29 is 4.74 Å². The average molecular weight is 254 g/mol. The largest absolute Gasteiger partial charge is 0.382 e. The number of hydrogen-bond donors (Lipinski definition) is 4. The maximum absolute atomic E-state index is 5.38. The molecule has 0 atom stereocenters. The molecule has 0 bridgehead atoms. The molecule has 1 rings (SSSR count). The number of guanidine groups is 1. The minimum absolute atomic E-state index is 0.603. The summed E-state index contributed by atoms with van der Waals surface area (Å²) in [6.07, 6.45) is 5.20. The van der Waals surface area contributed by atoms with E-state index in [1.54, 1.807) is 12.5 Å². The maximum atomic E-state index is 5.38. The molecule has 7 nitrogen and oxygen atoms in total. The van der Waals surface area contributed by atoms with E-state index in [0.29, 0.717) is 12.5 Å². The number of aromatic nitrogens is 2. The second-order valence-corrected chi connectivity index (χ2v) is 3.68. The number of nitrogens with zero attached hydrogens (tertiary/aromatic N) is 2. The highest BCUT2D eigenvalue weighted by Gasteiger charge is 1.97. The fraction of sp³-hybridized carbons (Fsp3) is 0.636. The van der Waals surface area contributed by atoms with Crippen molar-refractivity contribution in [1.29, 1.82) is 0 Å². The minimum atomic E-state index is 0.603. The zero-order valence-corrected chi connectivity index (χ0v) is 10.8. The molecule has 0 aliphatic rings. The minimum Gasteiger partial charge on any atom is -0.382 e. The Morgan fingerprint density at radius 3 is 3.17 bits per heavy atom. The lowest BCUT2D eigenvalue weighted by Crippen LogP contribution is -2.42. The van der Waals surface area contributed by atoms with Crippen LogP contribution >= 0.6 is 0 Å². The molecule has 102 valence electrons. The number of ether oxygens (including phenoxy) is 1. The summed E-state index contributed by atoms with van der Waals surface area (Å²) in [7, 11) is 0. The second kappa shape index (κ2) is 9.43. The quantitative estimate of drug-likeness (QED) is 0.169. The van der Waals surface area contributed by atoms with Crippen LogP contribution in [-0.4, -0.2) is 42.2 Å². The number of hydrazine groups is 1. The van der Waals surface area contributed by atoms with Gasteiger partial charge in [-0.05, 0) is 13.3 Å². The summed E-state index contributed by atoms with van der Waals surface area (Å²) in [4.78, 5) is 11.3. The van der Waals surface area contributed by atoms with Crippen LogP contribution in [0.4, 0.5) is 0 Å². The van der Waals surface area contributed by atoms with Crippen molar-refractivity contribution in [3.05, 3.63) is 18.2 Å². The molecule has 0 aromatic carbocycles. The number of nitrogens with one attached hydrogen (secondary N) is 3. The molecule has 0 aliphatic carbocycles. The van der Waals surface area contributed by atoms with Crippen molar-refractivity contribution in [1.82, 2.24) is 20.7 Å². The highest BCUT2D eigenvalue weighted by Crippen LogP contribution is 1.90. The predicted molar refractivity (Wildman–Crippen MR) is 71.0 cm³/mol. The number of aromatic amines is 1. The van der Waals surface area contributed by atoms with Gasteiger partial charge in [0.1, 0.15) is 0 Å². The van der Waals surface area contributed by atoms with Gasteiger partial charge in [0.25, 0.3) is 0 Å². The van der Waals surface area contributed by atoms with Gasteiger partial charge in [-0.2, -0.15) is 0 Å². The van der Waals surface area contributed by atoms with E-state index in [0.717, 1.165) is 38.3 Å². The summed E-state index contributed by atoms with van der Waals surface area (Å²) in [5.74, 6) is 5.98. The average Bonchev–Trinajstić information content (AvgIpc) is 2.89. The fourth-order valence-corrected chi connectivity index (χ4v) is 1.39. The Labute approximate surface area is 107 Å². The number of imidazole rings is 1. The second-order valence-electron chi connectivity index (χ2n) is 3.68. The van der Waals surface area contributed by atoms with E-state index < -0.39 is 0 Å². The van der Waals surface area contributed by atoms with E-state index in [-0.39, 0.29) is 0 Å². The van der Waals surface area contributed by atoms with Crippen molar-refractivity contribution in [2.24, 2.45) is 10.8 Å². The summed E-state index contributed by atoms with van der Waals surface area (Å²) in [6, 6.07) is 0. The molecule has 5 N–H and O–H groups in total. The molecular weight excluding hydrogens is 232 g/mol. The molecule has 1 aromatic rings. The molecule has 0 saturated heterocycles. The Balaban J connectivity index is 2.14. The van der Waals surface area contributed by atoms with E-state index >= 15 is 0 Å². The summed E-state index contributed by atoms with van der Waals surface area (Å²) >= 11 is 0. The van der Waals surface area contributed by atoms with Crippen molar-refractivity contribution in [3.8, 4) is 0 Å². The van der Waals surface area contributed by atoms with Crippen molar-refractivity contribution in [3.63, 3.8) is 0 Å². The van der Waals surface area contributed by atoms with Gasteiger partial charge in [-0.3, -0.25) is 10.4 Å². The lowest BCUT2D eigenvalue weighted by atomic mass is 10.3. The Morgan fingerprint density at radius 2 is 2.50 bits per heavy atom. The van der Waals surface area contributed by atoms with Crippen LogP contribution in [0, 0.1) is 0 Å². The van der Waals surface area contributed by atoms with Gasteiger partial charge >= 0.3 is 0 Å². The van der Waals surface area contributed by atoms with E-state index in [9.17, 15) is 0 Å². The number of H-pyrrole nitrogens is 1. The predicted octanol–water partition coefficient (Wildman–Crippen LogP) is -0.212. The zero-order valence-electron chi connectivity index (χ0n) is 10.8. The molecule has 0 saturated carbocycles. The molecular formula is C11H22N6O. The van der Waals surface area contributed by atoms with Crippen LogP contribution in [0.25, 0.3) is 0 Å². The summed E-state index contributed by atoms with van der Waals surface area (Å²) in [5, 5.41) is 3.12. The van der Waals surface area contributed by atoms with Crippen molar-refractivity contribution in [2.75, 3.05) is 26.3 Å². The first kappa shape index (κ1) is 14.5. The summed E-state index contributed by atoms with van der Waals surface area (Å²) in [6.45, 7) is 4.89. The van der Waals surface area contributed by atoms with E-state index in [1.807, 2.05) is 6.92 Å². The van der Waals surface area contributed by atoms with Crippen LogP contribution in [-0.2, 0) is 11.2 Å². The van der Waals surface area contributed by atoms with Gasteiger partial charge in [-0.15, -0.1) is 0 Å². The Morgan fingerprint density at radius 1 is 1.61 bits per heavy atom. The van der Waals surface area contributed by atoms with Crippen LogP contribution in [0.2, 0.25) is 0 Å². The molecule has 0 radical (unpaired) electrons. The lowest BCUT2D eigenvalue weighted by Gasteiger charge is -2.08. The third-order valence-corrected chi connectivity index (χ3v) is 2.30. The molecule has 0 unspecified atom stereocenters. The summed E-state index contributed by atoms with van der Waals surface area (Å²) < 4.78 is 5.23. The molecule has 0 amide bonds. The first-order valence-corrected chi connectivity index (χ1v) is 6.16. The number of rotatable bonds is 8. The maximum Gasteiger partial charge on any atom is 0.205 e. The van der Waals surface area contributed by atoms with E-state index in [2.05, 4.69) is 25.7 Å². The van der Waals surface area contributed by atoms with Gasteiger partial charge in [0.2, 0.25) is 5.96 Å². The smallest absolute Gasteiger partial charge is 0.205 e. The van der Waals surface area contributed by atoms with Crippen LogP contribution in [0.3, 0.4) is 0 Å². The molecule has 0 aliphatic heterocycles. The van der Waals surface area contributed by atoms with Gasteiger partial charge in [-0.25, -0.2) is 10.8 Å². The molecule has 0 spiro atoms. The third-order valence-electron chi connectivity index (χ3n) is 2.30. The SMILES string of the molecule is CCOCCCN=C(NN)NCCc1cnc[nH]1. The topological polar surface area (TPSA) is 100 Å². The Bertz CT molecular complexity index is 324. The molecule has 1 heterocycles. The molecule has 0 fully saturated rings. The van der Waals surface area contributed by atoms with Crippen LogP contribution in [0.15, 0.2) is 17.5 Å². The van der Waals surface area contributed by atoms with Crippen molar-refractivity contribution >= 4 is 5.96 Å². The Kier molecular flexibility index (Phi) is 7.58. The third kappa shape index (κ3) is 6.21. The van der Waals surface area contributed by atoms with Gasteiger partial charge < -0.3 is 15.0 Å². The van der Waals surface area contributed by atoms with Crippen molar-refractivity contribution in [2.45, 2.75) is 19.8 Å². The fourth-order valence-electron chi connectivity index (χ4n) is 1.39. The zero-order chi connectivity index (χ0) is 13.1. The number of aliphatic imine (C=N–C) groups is 1. The van der Waals surface area contributed by atoms with Crippen LogP contribution in [0.1, 0.15) is 19.0 Å². The van der Waals surface area contributed by atoms with Crippen LogP contribution in [0.5, 0.6) is 0 Å². The van der Waals surface area contributed by atoms with Gasteiger partial charge in [0, 0.05) is 44.6 Å². The number of nitrogens with two attached hydrogens (primary N) is 1. The standard InChI is InChI=1S/C11H22N6O/c1-2-18-7-3-5-14-11(17-12)15-6-4-10-8-13-9-16-10/h8-9H,2-7,12H2,1H3,(H,13,16)(H2,14,15,17). The first-order chi connectivity index (χ1) is 8.86. The molecule has 1 aromatic heterocycles. The van der Waals surface area contributed by atoms with Crippen LogP contribution < -0.4 is 16.6 Å². The molecule has 18 heavy (non-hydrogen) atoms.